The van der Waals surface area contributed by atoms with Crippen molar-refractivity contribution in [2.45, 2.75) is 67.2 Å². The van der Waals surface area contributed by atoms with E-state index in [9.17, 15) is 19.8 Å². The first-order chi connectivity index (χ1) is 20.0. The molecule has 3 aromatic rings. The number of hydrogen-bond donors (Lipinski definition) is 2. The van der Waals surface area contributed by atoms with E-state index in [0.717, 1.165) is 86.0 Å². The van der Waals surface area contributed by atoms with Crippen LogP contribution in [-0.4, -0.2) is 32.1 Å². The SMILES string of the molecule is CCC1=C(C)c2cc3[n-]c(cc4nc(cc5[n-]c(cc1n2)c(C)c5CC)C(C)=C4CCC(=O)O)c(/C=C/C(=O)O)c3C.[Fe+2]. The van der Waals surface area contributed by atoms with E-state index in [-0.39, 0.29) is 23.5 Å². The molecule has 0 radical (unpaired) electrons. The average Bonchev–Trinajstić information content (AvgIpc) is 3.59. The van der Waals surface area contributed by atoms with Gasteiger partial charge in [0.15, 0.2) is 0 Å². The maximum atomic E-state index is 11.5. The van der Waals surface area contributed by atoms with E-state index >= 15 is 0 Å². The van der Waals surface area contributed by atoms with Crippen molar-refractivity contribution in [2.24, 2.45) is 0 Å². The molecule has 3 aromatic heterocycles. The topological polar surface area (TPSA) is 129 Å². The number of aliphatic carboxylic acids is 2. The number of carboxylic acids is 2. The average molecular weight is 619 g/mol. The maximum Gasteiger partial charge on any atom is 2.00 e. The Morgan fingerprint density at radius 1 is 0.744 bits per heavy atom. The number of aromatic nitrogens is 4. The zero-order valence-electron chi connectivity index (χ0n) is 25.1. The summed E-state index contributed by atoms with van der Waals surface area (Å²) in [4.78, 5) is 42.9. The Morgan fingerprint density at radius 3 is 1.88 bits per heavy atom. The molecule has 2 aliphatic heterocycles. The largest absolute Gasteiger partial charge is 2.00 e. The zero-order chi connectivity index (χ0) is 30.3. The summed E-state index contributed by atoms with van der Waals surface area (Å²) in [6.45, 7) is 12.2. The molecule has 0 aliphatic carbocycles. The van der Waals surface area contributed by atoms with E-state index in [1.54, 1.807) is 6.08 Å². The molecule has 0 amide bonds. The van der Waals surface area contributed by atoms with Crippen LogP contribution in [0.25, 0.3) is 50.4 Å². The van der Waals surface area contributed by atoms with Gasteiger partial charge in [-0.05, 0) is 80.9 Å². The molecular weight excluding hydrogens is 584 g/mol. The molecule has 0 saturated carbocycles. The molecule has 0 fully saturated rings. The van der Waals surface area contributed by atoms with Crippen LogP contribution in [0.4, 0.5) is 0 Å². The Balaban J connectivity index is 0.00000423. The molecule has 2 aliphatic rings. The van der Waals surface area contributed by atoms with Gasteiger partial charge in [0.2, 0.25) is 0 Å². The van der Waals surface area contributed by atoms with Gasteiger partial charge in [0, 0.05) is 12.5 Å². The summed E-state index contributed by atoms with van der Waals surface area (Å²) in [6, 6.07) is 7.82. The zero-order valence-corrected chi connectivity index (χ0v) is 26.3. The van der Waals surface area contributed by atoms with Crippen LogP contribution in [-0.2, 0) is 33.1 Å². The van der Waals surface area contributed by atoms with Gasteiger partial charge in [-0.1, -0.05) is 54.8 Å². The molecule has 0 unspecified atom stereocenters. The third-order valence-corrected chi connectivity index (χ3v) is 8.25. The Kier molecular flexibility index (Phi) is 9.28. The molecule has 8 bridgehead atoms. The third kappa shape index (κ3) is 6.01. The summed E-state index contributed by atoms with van der Waals surface area (Å²) in [5.74, 6) is -1.95. The van der Waals surface area contributed by atoms with Crippen molar-refractivity contribution in [3.63, 3.8) is 0 Å². The van der Waals surface area contributed by atoms with Crippen LogP contribution in [0, 0.1) is 13.8 Å². The van der Waals surface area contributed by atoms with Crippen molar-refractivity contribution in [1.29, 1.82) is 0 Å². The minimum atomic E-state index is -1.06. The summed E-state index contributed by atoms with van der Waals surface area (Å²) in [5.41, 5.74) is 13.7. The summed E-state index contributed by atoms with van der Waals surface area (Å²) in [7, 11) is 0. The van der Waals surface area contributed by atoms with E-state index in [4.69, 9.17) is 19.9 Å². The first-order valence-corrected chi connectivity index (χ1v) is 14.2. The van der Waals surface area contributed by atoms with Crippen molar-refractivity contribution in [3.05, 3.63) is 75.4 Å². The van der Waals surface area contributed by atoms with Gasteiger partial charge in [-0.3, -0.25) is 4.79 Å². The second-order valence-electron chi connectivity index (χ2n) is 10.7. The molecule has 9 heteroatoms. The number of carboxylic acid groups (broad SMARTS) is 2. The van der Waals surface area contributed by atoms with Crippen molar-refractivity contribution in [1.82, 2.24) is 19.9 Å². The third-order valence-electron chi connectivity index (χ3n) is 8.25. The van der Waals surface area contributed by atoms with Crippen LogP contribution in [0.5, 0.6) is 0 Å². The standard InChI is InChI=1S/C34H36N4O4.Fe/c1-7-21-17(3)25-13-26-19(5)23(9-11-33(39)40)31(37-26)16-32-24(10-12-34(41)42)20(6)28(38-32)15-30-22(8-2)18(4)27(36-30)14-29(21)35-25;/h9,11,13-16H,7-8,10,12H2,1-6H3,(H4,35,36,37,38,39,40,41,42);/q;+2/p-2/b11-9+,25-13?,26-13?,27-14?,28-15?,29-14?,30-15?,31-16?,32-16?;. The summed E-state index contributed by atoms with van der Waals surface area (Å²) >= 11 is 0. The molecule has 0 aromatic carbocycles. The summed E-state index contributed by atoms with van der Waals surface area (Å²) in [6.07, 6.45) is 4.53. The predicted molar refractivity (Wildman–Crippen MR) is 167 cm³/mol. The monoisotopic (exact) mass is 618 g/mol. The number of nitrogens with zero attached hydrogens (tertiary/aromatic N) is 4. The second kappa shape index (κ2) is 12.6. The fourth-order valence-corrected chi connectivity index (χ4v) is 5.84. The van der Waals surface area contributed by atoms with Crippen LogP contribution >= 0.6 is 0 Å². The molecule has 43 heavy (non-hydrogen) atoms. The molecule has 0 saturated heterocycles. The van der Waals surface area contributed by atoms with Gasteiger partial charge in [0.05, 0.1) is 22.8 Å². The van der Waals surface area contributed by atoms with Crippen molar-refractivity contribution < 1.29 is 36.9 Å². The Morgan fingerprint density at radius 2 is 1.28 bits per heavy atom. The molecule has 5 heterocycles. The van der Waals surface area contributed by atoms with Gasteiger partial charge in [-0.2, -0.15) is 0 Å². The number of carbonyl (C=O) groups is 2. The number of rotatable bonds is 7. The summed E-state index contributed by atoms with van der Waals surface area (Å²) in [5, 5.41) is 18.8. The quantitative estimate of drug-likeness (QED) is 0.214. The maximum absolute atomic E-state index is 11.5. The number of allylic oxidation sites excluding steroid dienone is 4. The van der Waals surface area contributed by atoms with Crippen molar-refractivity contribution in [3.8, 4) is 0 Å². The van der Waals surface area contributed by atoms with Crippen LogP contribution < -0.4 is 9.97 Å². The smallest absolute Gasteiger partial charge is 0.657 e. The first kappa shape index (κ1) is 31.7. The number of hydrogen-bond acceptors (Lipinski definition) is 4. The van der Waals surface area contributed by atoms with Crippen molar-refractivity contribution >= 4 is 62.4 Å². The Labute approximate surface area is 261 Å². The fraction of sp³-hybridized carbons (Fsp3) is 0.294. The normalized spacial score (nSPS) is 13.2. The van der Waals surface area contributed by atoms with Gasteiger partial charge in [-0.25, -0.2) is 14.8 Å². The van der Waals surface area contributed by atoms with E-state index in [1.807, 2.05) is 32.0 Å². The van der Waals surface area contributed by atoms with Crippen LogP contribution in [0.1, 0.15) is 92.0 Å². The van der Waals surface area contributed by atoms with Gasteiger partial charge >= 0.3 is 29.0 Å². The van der Waals surface area contributed by atoms with E-state index in [2.05, 4.69) is 33.8 Å². The molecular formula is C34H34FeN4O4. The number of fused-ring (bicyclic) bond motifs is 8. The van der Waals surface area contributed by atoms with Gasteiger partial charge < -0.3 is 20.2 Å². The Hall–Kier alpha value is -4.20. The molecule has 0 spiro atoms. The Bertz CT molecular complexity index is 1910. The molecule has 0 atom stereocenters. The van der Waals surface area contributed by atoms with Gasteiger partial charge in [0.1, 0.15) is 0 Å². The van der Waals surface area contributed by atoms with Crippen LogP contribution in [0.2, 0.25) is 0 Å². The fourth-order valence-electron chi connectivity index (χ4n) is 5.84. The molecule has 222 valence electrons. The molecule has 5 rings (SSSR count). The van der Waals surface area contributed by atoms with Crippen molar-refractivity contribution in [2.75, 3.05) is 0 Å². The molecule has 8 nitrogen and oxygen atoms in total. The van der Waals surface area contributed by atoms with Gasteiger partial charge in [0.25, 0.3) is 0 Å². The second-order valence-corrected chi connectivity index (χ2v) is 10.7. The summed E-state index contributed by atoms with van der Waals surface area (Å²) < 4.78 is 0. The van der Waals surface area contributed by atoms with Crippen LogP contribution in [0.15, 0.2) is 30.3 Å². The van der Waals surface area contributed by atoms with E-state index in [1.165, 1.54) is 0 Å². The molecule has 2 N–H and O–H groups in total. The van der Waals surface area contributed by atoms with Gasteiger partial charge in [-0.15, -0.1) is 22.1 Å². The van der Waals surface area contributed by atoms with E-state index < -0.39 is 11.9 Å². The first-order valence-electron chi connectivity index (χ1n) is 14.2. The predicted octanol–water partition coefficient (Wildman–Crippen LogP) is 6.98. The number of aryl methyl sites for hydroxylation is 3. The van der Waals surface area contributed by atoms with Crippen LogP contribution in [0.3, 0.4) is 0 Å². The minimum absolute atomic E-state index is 0. The minimum Gasteiger partial charge on any atom is -0.657 e. The van der Waals surface area contributed by atoms with E-state index in [0.29, 0.717) is 28.7 Å².